The van der Waals surface area contributed by atoms with E-state index in [2.05, 4.69) is 57.1 Å². The van der Waals surface area contributed by atoms with Gasteiger partial charge in [-0.15, -0.1) is 0 Å². The second kappa shape index (κ2) is 8.38. The van der Waals surface area contributed by atoms with Crippen LogP contribution in [0.25, 0.3) is 10.9 Å². The molecule has 1 N–H and O–H groups in total. The van der Waals surface area contributed by atoms with Crippen molar-refractivity contribution < 1.29 is 9.13 Å². The average Bonchev–Trinajstić information content (AvgIpc) is 2.71. The van der Waals surface area contributed by atoms with Crippen LogP contribution in [0.2, 0.25) is 0 Å². The van der Waals surface area contributed by atoms with Gasteiger partial charge < -0.3 is 10.1 Å². The molecule has 9 heteroatoms. The van der Waals surface area contributed by atoms with Gasteiger partial charge in [-0.25, -0.2) is 24.3 Å². The maximum Gasteiger partial charge on any atom is 0.168 e. The molecule has 2 heterocycles. The van der Waals surface area contributed by atoms with E-state index in [9.17, 15) is 4.39 Å². The van der Waals surface area contributed by atoms with Crippen molar-refractivity contribution in [3.8, 4) is 5.75 Å². The highest BCUT2D eigenvalue weighted by Crippen LogP contribution is 2.36. The number of anilines is 2. The maximum atomic E-state index is 13.6. The topological polar surface area (TPSA) is 72.8 Å². The lowest BCUT2D eigenvalue weighted by Crippen LogP contribution is -2.08. The fraction of sp³-hybridized carbons (Fsp3) is 0.100. The minimum absolute atomic E-state index is 0.340. The summed E-state index contributed by atoms with van der Waals surface area (Å²) in [5, 5.41) is 3.91. The molecule has 1 atom stereocenters. The second-order valence-corrected chi connectivity index (χ2v) is 7.91. The van der Waals surface area contributed by atoms with Crippen LogP contribution < -0.4 is 10.1 Å². The normalized spacial score (nSPS) is 12.0. The molecule has 0 saturated carbocycles. The molecule has 4 rings (SSSR count). The Hall–Kier alpha value is -2.65. The summed E-state index contributed by atoms with van der Waals surface area (Å²) < 4.78 is 20.9. The summed E-state index contributed by atoms with van der Waals surface area (Å²) in [6, 6.07) is 10.1. The highest BCUT2D eigenvalue weighted by molar-refractivity contribution is 9.10. The summed E-state index contributed by atoms with van der Waals surface area (Å²) in [6.45, 7) is 1.87. The fourth-order valence-corrected chi connectivity index (χ4v) is 3.59. The predicted molar refractivity (Wildman–Crippen MR) is 116 cm³/mol. The highest BCUT2D eigenvalue weighted by Gasteiger charge is 2.17. The number of rotatable bonds is 5. The van der Waals surface area contributed by atoms with Gasteiger partial charge in [-0.1, -0.05) is 15.9 Å². The summed E-state index contributed by atoms with van der Waals surface area (Å²) in [5.74, 6) is 1.33. The van der Waals surface area contributed by atoms with Crippen molar-refractivity contribution in [2.45, 2.75) is 13.0 Å². The van der Waals surface area contributed by atoms with E-state index in [0.717, 1.165) is 4.47 Å². The van der Waals surface area contributed by atoms with Gasteiger partial charge in [0.05, 0.1) is 15.4 Å². The zero-order chi connectivity index (χ0) is 20.4. The SMILES string of the molecule is CC(Oc1cc(Br)cc2ncnc(Nc3ccc(F)c(Br)c3)c12)c1ncccn1. The van der Waals surface area contributed by atoms with Crippen LogP contribution >= 0.6 is 31.9 Å². The molecule has 0 amide bonds. The molecule has 29 heavy (non-hydrogen) atoms. The van der Waals surface area contributed by atoms with Crippen molar-refractivity contribution in [2.24, 2.45) is 0 Å². The first kappa shape index (κ1) is 19.7. The summed E-state index contributed by atoms with van der Waals surface area (Å²) >= 11 is 6.70. The van der Waals surface area contributed by atoms with Crippen molar-refractivity contribution in [1.82, 2.24) is 19.9 Å². The summed E-state index contributed by atoms with van der Waals surface area (Å²) in [7, 11) is 0. The van der Waals surface area contributed by atoms with Gasteiger partial charge in [-0.05, 0) is 59.3 Å². The van der Waals surface area contributed by atoms with E-state index >= 15 is 0 Å². The lowest BCUT2D eigenvalue weighted by Gasteiger charge is -2.17. The number of fused-ring (bicyclic) bond motifs is 1. The van der Waals surface area contributed by atoms with E-state index in [0.29, 0.717) is 38.5 Å². The van der Waals surface area contributed by atoms with Crippen LogP contribution in [0.5, 0.6) is 5.75 Å². The number of halogens is 3. The molecule has 4 aromatic rings. The van der Waals surface area contributed by atoms with Crippen molar-refractivity contribution in [2.75, 3.05) is 5.32 Å². The van der Waals surface area contributed by atoms with Crippen LogP contribution in [0.4, 0.5) is 15.9 Å². The third-order valence-electron chi connectivity index (χ3n) is 4.10. The van der Waals surface area contributed by atoms with E-state index in [1.54, 1.807) is 30.6 Å². The van der Waals surface area contributed by atoms with Crippen LogP contribution in [0.15, 0.2) is 64.1 Å². The molecular weight excluding hydrogens is 505 g/mol. The molecule has 0 fully saturated rings. The van der Waals surface area contributed by atoms with Crippen LogP contribution in [0.3, 0.4) is 0 Å². The minimum Gasteiger partial charge on any atom is -0.482 e. The molecule has 2 aromatic heterocycles. The number of nitrogens with one attached hydrogen (secondary N) is 1. The van der Waals surface area contributed by atoms with Crippen LogP contribution in [0.1, 0.15) is 18.9 Å². The molecule has 2 aromatic carbocycles. The molecule has 0 aliphatic heterocycles. The Morgan fingerprint density at radius 1 is 1.03 bits per heavy atom. The lowest BCUT2D eigenvalue weighted by molar-refractivity contribution is 0.219. The molecule has 0 saturated heterocycles. The number of aromatic nitrogens is 4. The van der Waals surface area contributed by atoms with Gasteiger partial charge in [0, 0.05) is 22.6 Å². The lowest BCUT2D eigenvalue weighted by atomic mass is 10.2. The molecule has 0 bridgehead atoms. The van der Waals surface area contributed by atoms with E-state index in [-0.39, 0.29) is 11.9 Å². The molecule has 146 valence electrons. The molecule has 0 radical (unpaired) electrons. The summed E-state index contributed by atoms with van der Waals surface area (Å²) in [5.41, 5.74) is 1.36. The monoisotopic (exact) mass is 517 g/mol. The van der Waals surface area contributed by atoms with E-state index < -0.39 is 0 Å². The van der Waals surface area contributed by atoms with Crippen molar-refractivity contribution in [1.29, 1.82) is 0 Å². The molecule has 1 unspecified atom stereocenters. The van der Waals surface area contributed by atoms with Crippen LogP contribution in [-0.4, -0.2) is 19.9 Å². The Bertz CT molecular complexity index is 1180. The number of hydrogen-bond acceptors (Lipinski definition) is 6. The van der Waals surface area contributed by atoms with Gasteiger partial charge in [0.15, 0.2) is 11.9 Å². The standard InChI is InChI=1S/C20H14Br2FN5O/c1-11(19-24-5-2-6-25-19)29-17-8-12(21)7-16-18(17)20(27-10-26-16)28-13-3-4-15(23)14(22)9-13/h2-11H,1H3,(H,26,27,28). The number of benzene rings is 2. The average molecular weight is 519 g/mol. The quantitative estimate of drug-likeness (QED) is 0.351. The van der Waals surface area contributed by atoms with Crippen LogP contribution in [0, 0.1) is 5.82 Å². The number of nitrogens with zero attached hydrogens (tertiary/aromatic N) is 4. The minimum atomic E-state index is -0.387. The van der Waals surface area contributed by atoms with Crippen molar-refractivity contribution >= 4 is 54.3 Å². The van der Waals surface area contributed by atoms with Gasteiger partial charge in [0.1, 0.15) is 23.7 Å². The first-order chi connectivity index (χ1) is 14.0. The first-order valence-electron chi connectivity index (χ1n) is 8.61. The predicted octanol–water partition coefficient (Wildman–Crippen LogP) is 5.97. The largest absolute Gasteiger partial charge is 0.482 e. The highest BCUT2D eigenvalue weighted by atomic mass is 79.9. The Morgan fingerprint density at radius 3 is 2.59 bits per heavy atom. The summed E-state index contributed by atoms with van der Waals surface area (Å²) in [6.07, 6.45) is 4.41. The molecule has 0 spiro atoms. The second-order valence-electron chi connectivity index (χ2n) is 6.14. The Morgan fingerprint density at radius 2 is 1.83 bits per heavy atom. The fourth-order valence-electron chi connectivity index (χ4n) is 2.78. The van der Waals surface area contributed by atoms with E-state index in [1.807, 2.05) is 19.1 Å². The van der Waals surface area contributed by atoms with E-state index in [4.69, 9.17) is 4.74 Å². The zero-order valence-corrected chi connectivity index (χ0v) is 18.3. The Balaban J connectivity index is 1.76. The first-order valence-corrected chi connectivity index (χ1v) is 10.2. The maximum absolute atomic E-state index is 13.6. The summed E-state index contributed by atoms with van der Waals surface area (Å²) in [4.78, 5) is 17.2. The molecular formula is C20H14Br2FN5O. The van der Waals surface area contributed by atoms with Gasteiger partial charge in [0.25, 0.3) is 0 Å². The third-order valence-corrected chi connectivity index (χ3v) is 5.17. The molecule has 6 nitrogen and oxygen atoms in total. The number of ether oxygens (including phenoxy) is 1. The van der Waals surface area contributed by atoms with Gasteiger partial charge in [-0.2, -0.15) is 0 Å². The third kappa shape index (κ3) is 4.35. The molecule has 0 aliphatic carbocycles. The van der Waals surface area contributed by atoms with Gasteiger partial charge >= 0.3 is 0 Å². The smallest absolute Gasteiger partial charge is 0.168 e. The number of hydrogen-bond donors (Lipinski definition) is 1. The zero-order valence-electron chi connectivity index (χ0n) is 15.1. The van der Waals surface area contributed by atoms with Crippen molar-refractivity contribution in [3.63, 3.8) is 0 Å². The molecule has 0 aliphatic rings. The van der Waals surface area contributed by atoms with E-state index in [1.165, 1.54) is 12.4 Å². The van der Waals surface area contributed by atoms with Gasteiger partial charge in [-0.3, -0.25) is 0 Å². The van der Waals surface area contributed by atoms with Crippen LogP contribution in [-0.2, 0) is 0 Å². The van der Waals surface area contributed by atoms with Gasteiger partial charge in [0.2, 0.25) is 0 Å². The Kier molecular flexibility index (Phi) is 5.68. The Labute approximate surface area is 182 Å². The van der Waals surface area contributed by atoms with Crippen molar-refractivity contribution in [3.05, 3.63) is 75.7 Å².